The number of phenolic OH excluding ortho intramolecular Hbond substituents is 1. The van der Waals surface area contributed by atoms with Crippen molar-refractivity contribution in [1.82, 2.24) is 5.32 Å². The average Bonchev–Trinajstić information content (AvgIpc) is 2.40. The first-order valence-corrected chi connectivity index (χ1v) is 7.30. The molecule has 0 aliphatic rings. The summed E-state index contributed by atoms with van der Waals surface area (Å²) in [6, 6.07) is 11.9. The number of benzene rings is 2. The van der Waals surface area contributed by atoms with Gasteiger partial charge in [0.05, 0.1) is 0 Å². The van der Waals surface area contributed by atoms with Crippen molar-refractivity contribution in [2.24, 2.45) is 11.3 Å². The van der Waals surface area contributed by atoms with Crippen molar-refractivity contribution in [1.29, 1.82) is 0 Å². The van der Waals surface area contributed by atoms with E-state index in [9.17, 15) is 5.11 Å². The molecule has 2 nitrogen and oxygen atoms in total. The van der Waals surface area contributed by atoms with Gasteiger partial charge in [0.1, 0.15) is 5.75 Å². The lowest BCUT2D eigenvalue weighted by molar-refractivity contribution is 0.252. The summed E-state index contributed by atoms with van der Waals surface area (Å²) in [5, 5.41) is 15.9. The molecule has 108 valence electrons. The topological polar surface area (TPSA) is 32.3 Å². The standard InChI is InChI=1S/C18H25NO/c1-13(18(2,3)4)11-19-12-16-15-8-6-5-7-14(15)9-10-17(16)20/h5-10,13,19-20H,11-12H2,1-4H3. The van der Waals surface area contributed by atoms with E-state index in [2.05, 4.69) is 45.1 Å². The van der Waals surface area contributed by atoms with E-state index >= 15 is 0 Å². The molecule has 0 amide bonds. The molecular formula is C18H25NO. The predicted octanol–water partition coefficient (Wildman–Crippen LogP) is 4.32. The lowest BCUT2D eigenvalue weighted by atomic mass is 9.82. The van der Waals surface area contributed by atoms with E-state index in [0.29, 0.717) is 23.6 Å². The second kappa shape index (κ2) is 5.84. The van der Waals surface area contributed by atoms with E-state index in [1.165, 1.54) is 5.39 Å². The fraction of sp³-hybridized carbons (Fsp3) is 0.444. The quantitative estimate of drug-likeness (QED) is 0.868. The van der Waals surface area contributed by atoms with Crippen molar-refractivity contribution >= 4 is 10.8 Å². The maximum atomic E-state index is 10.1. The Morgan fingerprint density at radius 3 is 2.50 bits per heavy atom. The molecule has 20 heavy (non-hydrogen) atoms. The van der Waals surface area contributed by atoms with Crippen LogP contribution < -0.4 is 5.32 Å². The van der Waals surface area contributed by atoms with Gasteiger partial charge in [0.15, 0.2) is 0 Å². The molecule has 0 saturated heterocycles. The summed E-state index contributed by atoms with van der Waals surface area (Å²) in [6.07, 6.45) is 0. The summed E-state index contributed by atoms with van der Waals surface area (Å²) in [5.41, 5.74) is 1.29. The van der Waals surface area contributed by atoms with Gasteiger partial charge in [0, 0.05) is 12.1 Å². The molecular weight excluding hydrogens is 246 g/mol. The minimum atomic E-state index is 0.299. The molecule has 2 N–H and O–H groups in total. The van der Waals surface area contributed by atoms with Crippen molar-refractivity contribution in [2.75, 3.05) is 6.54 Å². The SMILES string of the molecule is CC(CNCc1c(O)ccc2ccccc12)C(C)(C)C. The Kier molecular flexibility index (Phi) is 4.34. The molecule has 0 saturated carbocycles. The Morgan fingerprint density at radius 1 is 1.10 bits per heavy atom. The molecule has 0 aromatic heterocycles. The van der Waals surface area contributed by atoms with Crippen molar-refractivity contribution in [3.63, 3.8) is 0 Å². The van der Waals surface area contributed by atoms with E-state index in [0.717, 1.165) is 17.5 Å². The first kappa shape index (κ1) is 14.9. The number of fused-ring (bicyclic) bond motifs is 1. The molecule has 0 aliphatic heterocycles. The molecule has 1 unspecified atom stereocenters. The van der Waals surface area contributed by atoms with Crippen LogP contribution in [-0.2, 0) is 6.54 Å². The van der Waals surface area contributed by atoms with E-state index in [4.69, 9.17) is 0 Å². The van der Waals surface area contributed by atoms with Crippen LogP contribution in [0.3, 0.4) is 0 Å². The van der Waals surface area contributed by atoms with Crippen molar-refractivity contribution in [3.8, 4) is 5.75 Å². The highest BCUT2D eigenvalue weighted by Gasteiger charge is 2.19. The Bertz CT molecular complexity index is 583. The zero-order chi connectivity index (χ0) is 14.8. The van der Waals surface area contributed by atoms with E-state index in [1.807, 2.05) is 18.2 Å². The number of hydrogen-bond acceptors (Lipinski definition) is 2. The van der Waals surface area contributed by atoms with Crippen molar-refractivity contribution in [3.05, 3.63) is 42.0 Å². The first-order valence-electron chi connectivity index (χ1n) is 7.30. The minimum Gasteiger partial charge on any atom is -0.508 e. The zero-order valence-electron chi connectivity index (χ0n) is 12.9. The van der Waals surface area contributed by atoms with Crippen molar-refractivity contribution < 1.29 is 5.11 Å². The lowest BCUT2D eigenvalue weighted by Crippen LogP contribution is -2.29. The van der Waals surface area contributed by atoms with Crippen LogP contribution in [-0.4, -0.2) is 11.7 Å². The van der Waals surface area contributed by atoms with Gasteiger partial charge in [0.2, 0.25) is 0 Å². The fourth-order valence-electron chi connectivity index (χ4n) is 2.23. The van der Waals surface area contributed by atoms with Crippen molar-refractivity contribution in [2.45, 2.75) is 34.2 Å². The van der Waals surface area contributed by atoms with Gasteiger partial charge in [-0.3, -0.25) is 0 Å². The van der Waals surface area contributed by atoms with Gasteiger partial charge in [-0.15, -0.1) is 0 Å². The number of nitrogens with one attached hydrogen (secondary N) is 1. The maximum Gasteiger partial charge on any atom is 0.120 e. The highest BCUT2D eigenvalue weighted by molar-refractivity contribution is 5.87. The summed E-state index contributed by atoms with van der Waals surface area (Å²) < 4.78 is 0. The van der Waals surface area contributed by atoms with Crippen LogP contribution in [0.4, 0.5) is 0 Å². The molecule has 2 aromatic rings. The molecule has 0 fully saturated rings. The normalized spacial score (nSPS) is 13.6. The van der Waals surface area contributed by atoms with Crippen LogP contribution in [0.1, 0.15) is 33.3 Å². The van der Waals surface area contributed by atoms with Gasteiger partial charge >= 0.3 is 0 Å². The van der Waals surface area contributed by atoms with Gasteiger partial charge in [-0.05, 0) is 34.7 Å². The predicted molar refractivity (Wildman–Crippen MR) is 85.9 cm³/mol. The summed E-state index contributed by atoms with van der Waals surface area (Å²) >= 11 is 0. The second-order valence-corrected chi connectivity index (χ2v) is 6.68. The second-order valence-electron chi connectivity index (χ2n) is 6.68. The molecule has 0 bridgehead atoms. The zero-order valence-corrected chi connectivity index (χ0v) is 12.9. The van der Waals surface area contributed by atoms with Gasteiger partial charge in [-0.25, -0.2) is 0 Å². The number of aromatic hydroxyl groups is 1. The van der Waals surface area contributed by atoms with E-state index < -0.39 is 0 Å². The summed E-state index contributed by atoms with van der Waals surface area (Å²) in [4.78, 5) is 0. The van der Waals surface area contributed by atoms with Crippen LogP contribution in [0, 0.1) is 11.3 Å². The van der Waals surface area contributed by atoms with Crippen LogP contribution in [0.2, 0.25) is 0 Å². The highest BCUT2D eigenvalue weighted by atomic mass is 16.3. The number of phenols is 1. The Hall–Kier alpha value is -1.54. The first-order chi connectivity index (χ1) is 9.39. The van der Waals surface area contributed by atoms with Crippen LogP contribution in [0.15, 0.2) is 36.4 Å². The number of rotatable bonds is 4. The van der Waals surface area contributed by atoms with Gasteiger partial charge in [-0.2, -0.15) is 0 Å². The molecule has 1 atom stereocenters. The highest BCUT2D eigenvalue weighted by Crippen LogP contribution is 2.28. The third-order valence-electron chi connectivity index (χ3n) is 4.25. The third-order valence-corrected chi connectivity index (χ3v) is 4.25. The van der Waals surface area contributed by atoms with Gasteiger partial charge in [-0.1, -0.05) is 58.0 Å². The minimum absolute atomic E-state index is 0.299. The third kappa shape index (κ3) is 3.31. The largest absolute Gasteiger partial charge is 0.508 e. The summed E-state index contributed by atoms with van der Waals surface area (Å²) in [7, 11) is 0. The lowest BCUT2D eigenvalue weighted by Gasteiger charge is -2.27. The molecule has 0 aliphatic carbocycles. The van der Waals surface area contributed by atoms with Gasteiger partial charge < -0.3 is 10.4 Å². The monoisotopic (exact) mass is 271 g/mol. The van der Waals surface area contributed by atoms with E-state index in [-0.39, 0.29) is 0 Å². The Labute approximate surface area is 121 Å². The number of hydrogen-bond donors (Lipinski definition) is 2. The molecule has 2 aromatic carbocycles. The molecule has 0 radical (unpaired) electrons. The van der Waals surface area contributed by atoms with E-state index in [1.54, 1.807) is 6.07 Å². The van der Waals surface area contributed by atoms with Gasteiger partial charge in [0.25, 0.3) is 0 Å². The molecule has 0 spiro atoms. The maximum absolute atomic E-state index is 10.1. The summed E-state index contributed by atoms with van der Waals surface area (Å²) in [5.74, 6) is 0.958. The molecule has 2 heteroatoms. The Balaban J connectivity index is 2.12. The molecule has 2 rings (SSSR count). The average molecular weight is 271 g/mol. The smallest absolute Gasteiger partial charge is 0.120 e. The van der Waals surface area contributed by atoms with Crippen LogP contribution >= 0.6 is 0 Å². The van der Waals surface area contributed by atoms with Crippen LogP contribution in [0.5, 0.6) is 5.75 Å². The van der Waals surface area contributed by atoms with Crippen LogP contribution in [0.25, 0.3) is 10.8 Å². The fourth-order valence-corrected chi connectivity index (χ4v) is 2.23. The summed E-state index contributed by atoms with van der Waals surface area (Å²) in [6.45, 7) is 10.7. The molecule has 0 heterocycles. The Morgan fingerprint density at radius 2 is 1.80 bits per heavy atom.